The van der Waals surface area contributed by atoms with Gasteiger partial charge in [-0.1, -0.05) is 15.9 Å². The van der Waals surface area contributed by atoms with Crippen LogP contribution in [-0.2, 0) is 11.3 Å². The number of methoxy groups -OCH3 is 1. The minimum Gasteiger partial charge on any atom is -0.380 e. The van der Waals surface area contributed by atoms with Crippen LogP contribution in [-0.4, -0.2) is 30.8 Å². The van der Waals surface area contributed by atoms with Crippen molar-refractivity contribution in [3.63, 3.8) is 0 Å². The smallest absolute Gasteiger partial charge is 0.315 e. The molecule has 108 valence electrons. The van der Waals surface area contributed by atoms with E-state index in [0.29, 0.717) is 13.1 Å². The Hall–Kier alpha value is -1.53. The predicted octanol–water partition coefficient (Wildman–Crippen LogP) is 2.76. The maximum absolute atomic E-state index is 11.6. The van der Waals surface area contributed by atoms with Crippen molar-refractivity contribution >= 4 is 32.9 Å². The second kappa shape index (κ2) is 6.76. The molecule has 20 heavy (non-hydrogen) atoms. The van der Waals surface area contributed by atoms with Crippen LogP contribution in [0, 0.1) is 0 Å². The van der Waals surface area contributed by atoms with Crippen LogP contribution in [0.4, 0.5) is 4.79 Å². The summed E-state index contributed by atoms with van der Waals surface area (Å²) in [6.07, 6.45) is 0.00572. The number of aromatic nitrogens is 1. The standard InChI is InChI=1S/C14H18BrN3O2/c1-9(20-2)7-16-14(19)17-8-12-6-10-5-11(15)3-4-13(10)18-12/h3-6,9,18H,7-8H2,1-2H3,(H2,16,17,19)/t9-/m0/s1. The van der Waals surface area contributed by atoms with Gasteiger partial charge < -0.3 is 20.4 Å². The van der Waals surface area contributed by atoms with Gasteiger partial charge in [0.1, 0.15) is 0 Å². The first kappa shape index (κ1) is 14.9. The quantitative estimate of drug-likeness (QED) is 0.784. The van der Waals surface area contributed by atoms with Gasteiger partial charge in [-0.05, 0) is 31.2 Å². The number of benzene rings is 1. The number of ether oxygens (including phenoxy) is 1. The molecule has 0 fully saturated rings. The number of rotatable bonds is 5. The molecule has 0 aliphatic heterocycles. The Morgan fingerprint density at radius 2 is 2.20 bits per heavy atom. The van der Waals surface area contributed by atoms with Gasteiger partial charge in [0.25, 0.3) is 0 Å². The zero-order chi connectivity index (χ0) is 14.5. The molecule has 0 spiro atoms. The van der Waals surface area contributed by atoms with E-state index >= 15 is 0 Å². The van der Waals surface area contributed by atoms with Crippen LogP contribution in [0.2, 0.25) is 0 Å². The maximum Gasteiger partial charge on any atom is 0.315 e. The molecule has 6 heteroatoms. The van der Waals surface area contributed by atoms with Gasteiger partial charge in [-0.2, -0.15) is 0 Å². The number of amides is 2. The molecular weight excluding hydrogens is 322 g/mol. The highest BCUT2D eigenvalue weighted by Gasteiger charge is 2.05. The lowest BCUT2D eigenvalue weighted by atomic mass is 10.2. The van der Waals surface area contributed by atoms with E-state index in [2.05, 4.69) is 31.5 Å². The summed E-state index contributed by atoms with van der Waals surface area (Å²) in [5.74, 6) is 0. The summed E-state index contributed by atoms with van der Waals surface area (Å²) in [6, 6.07) is 7.85. The molecule has 2 amide bonds. The zero-order valence-corrected chi connectivity index (χ0v) is 13.1. The SMILES string of the molecule is CO[C@@H](C)CNC(=O)NCc1cc2cc(Br)ccc2[nH]1. The van der Waals surface area contributed by atoms with Crippen LogP contribution < -0.4 is 10.6 Å². The Kier molecular flexibility index (Phi) is 5.03. The monoisotopic (exact) mass is 339 g/mol. The number of aromatic amines is 1. The van der Waals surface area contributed by atoms with Gasteiger partial charge in [0.15, 0.2) is 0 Å². The van der Waals surface area contributed by atoms with Crippen LogP contribution >= 0.6 is 15.9 Å². The molecule has 0 bridgehead atoms. The minimum absolute atomic E-state index is 0.00572. The Morgan fingerprint density at radius 3 is 2.95 bits per heavy atom. The molecule has 2 aromatic rings. The van der Waals surface area contributed by atoms with Gasteiger partial charge in [0, 0.05) is 34.7 Å². The van der Waals surface area contributed by atoms with Gasteiger partial charge in [-0.25, -0.2) is 4.79 Å². The summed E-state index contributed by atoms with van der Waals surface area (Å²) >= 11 is 3.44. The molecule has 3 N–H and O–H groups in total. The fraction of sp³-hybridized carbons (Fsp3) is 0.357. The average Bonchev–Trinajstić information content (AvgIpc) is 2.84. The summed E-state index contributed by atoms with van der Waals surface area (Å²) in [5.41, 5.74) is 2.02. The first-order valence-electron chi connectivity index (χ1n) is 6.40. The van der Waals surface area contributed by atoms with Crippen LogP contribution in [0.1, 0.15) is 12.6 Å². The maximum atomic E-state index is 11.6. The van der Waals surface area contributed by atoms with Gasteiger partial charge in [0.2, 0.25) is 0 Å². The second-order valence-corrected chi connectivity index (χ2v) is 5.55. The number of hydrogen-bond acceptors (Lipinski definition) is 2. The third-order valence-electron chi connectivity index (χ3n) is 3.03. The second-order valence-electron chi connectivity index (χ2n) is 4.64. The Morgan fingerprint density at radius 1 is 1.40 bits per heavy atom. The average molecular weight is 340 g/mol. The molecule has 0 unspecified atom stereocenters. The van der Waals surface area contributed by atoms with Crippen molar-refractivity contribution in [3.8, 4) is 0 Å². The number of nitrogens with one attached hydrogen (secondary N) is 3. The highest BCUT2D eigenvalue weighted by Crippen LogP contribution is 2.20. The van der Waals surface area contributed by atoms with E-state index < -0.39 is 0 Å². The highest BCUT2D eigenvalue weighted by molar-refractivity contribution is 9.10. The molecule has 2 rings (SSSR count). The lowest BCUT2D eigenvalue weighted by Crippen LogP contribution is -2.39. The molecule has 0 radical (unpaired) electrons. The Labute approximate surface area is 126 Å². The Balaban J connectivity index is 1.87. The minimum atomic E-state index is -0.200. The highest BCUT2D eigenvalue weighted by atomic mass is 79.9. The molecule has 1 aromatic heterocycles. The number of halogens is 1. The molecule has 0 aliphatic carbocycles. The summed E-state index contributed by atoms with van der Waals surface area (Å²) < 4.78 is 6.10. The first-order valence-corrected chi connectivity index (χ1v) is 7.19. The molecule has 1 aromatic carbocycles. The van der Waals surface area contributed by atoms with Crippen molar-refractivity contribution in [1.82, 2.24) is 15.6 Å². The van der Waals surface area contributed by atoms with Crippen LogP contribution in [0.15, 0.2) is 28.7 Å². The van der Waals surface area contributed by atoms with E-state index in [1.165, 1.54) is 0 Å². The largest absolute Gasteiger partial charge is 0.380 e. The van der Waals surface area contributed by atoms with E-state index in [1.807, 2.05) is 31.2 Å². The molecule has 1 atom stereocenters. The molecule has 0 saturated carbocycles. The number of hydrogen-bond donors (Lipinski definition) is 3. The molecule has 5 nitrogen and oxygen atoms in total. The summed E-state index contributed by atoms with van der Waals surface area (Å²) in [4.78, 5) is 14.9. The number of H-pyrrole nitrogens is 1. The molecule has 0 aliphatic rings. The third kappa shape index (κ3) is 3.98. The van der Waals surface area contributed by atoms with Crippen molar-refractivity contribution in [3.05, 3.63) is 34.4 Å². The topological polar surface area (TPSA) is 66.2 Å². The predicted molar refractivity (Wildman–Crippen MR) is 82.7 cm³/mol. The van der Waals surface area contributed by atoms with Gasteiger partial charge in [-0.3, -0.25) is 0 Å². The first-order chi connectivity index (χ1) is 9.58. The zero-order valence-electron chi connectivity index (χ0n) is 11.5. The van der Waals surface area contributed by atoms with Crippen LogP contribution in [0.25, 0.3) is 10.9 Å². The van der Waals surface area contributed by atoms with Crippen molar-refractivity contribution in [1.29, 1.82) is 0 Å². The van der Waals surface area contributed by atoms with Crippen molar-refractivity contribution in [2.45, 2.75) is 19.6 Å². The van der Waals surface area contributed by atoms with Crippen molar-refractivity contribution in [2.75, 3.05) is 13.7 Å². The number of urea groups is 1. The summed E-state index contributed by atoms with van der Waals surface area (Å²) in [7, 11) is 1.62. The van der Waals surface area contributed by atoms with Crippen molar-refractivity contribution in [2.24, 2.45) is 0 Å². The summed E-state index contributed by atoms with van der Waals surface area (Å²) in [6.45, 7) is 2.84. The van der Waals surface area contributed by atoms with E-state index in [4.69, 9.17) is 4.74 Å². The normalized spacial score (nSPS) is 12.3. The lowest BCUT2D eigenvalue weighted by Gasteiger charge is -2.11. The fourth-order valence-electron chi connectivity index (χ4n) is 1.82. The number of carbonyl (C=O) groups excluding carboxylic acids is 1. The Bertz CT molecular complexity index is 597. The van der Waals surface area contributed by atoms with Crippen molar-refractivity contribution < 1.29 is 9.53 Å². The van der Waals surface area contributed by atoms with Crippen LogP contribution in [0.5, 0.6) is 0 Å². The van der Waals surface area contributed by atoms with E-state index in [9.17, 15) is 4.79 Å². The van der Waals surface area contributed by atoms with Gasteiger partial charge in [-0.15, -0.1) is 0 Å². The number of carbonyl (C=O) groups is 1. The fourth-order valence-corrected chi connectivity index (χ4v) is 2.20. The van der Waals surface area contributed by atoms with Crippen LogP contribution in [0.3, 0.4) is 0 Å². The van der Waals surface area contributed by atoms with E-state index in [1.54, 1.807) is 7.11 Å². The van der Waals surface area contributed by atoms with E-state index in [-0.39, 0.29) is 12.1 Å². The molecular formula is C14H18BrN3O2. The summed E-state index contributed by atoms with van der Waals surface area (Å²) in [5, 5.41) is 6.67. The van der Waals surface area contributed by atoms with E-state index in [0.717, 1.165) is 21.1 Å². The molecule has 1 heterocycles. The number of fused-ring (bicyclic) bond motifs is 1. The lowest BCUT2D eigenvalue weighted by molar-refractivity contribution is 0.118. The third-order valence-corrected chi connectivity index (χ3v) is 3.52. The van der Waals surface area contributed by atoms with Gasteiger partial charge >= 0.3 is 6.03 Å². The molecule has 0 saturated heterocycles. The van der Waals surface area contributed by atoms with Gasteiger partial charge in [0.05, 0.1) is 12.6 Å².